The summed E-state index contributed by atoms with van der Waals surface area (Å²) in [5.41, 5.74) is 7.22. The van der Waals surface area contributed by atoms with Gasteiger partial charge in [0.1, 0.15) is 11.7 Å². The van der Waals surface area contributed by atoms with Gasteiger partial charge in [-0.25, -0.2) is 0 Å². The molecule has 1 aliphatic heterocycles. The van der Waals surface area contributed by atoms with Gasteiger partial charge in [-0.2, -0.15) is 5.10 Å². The number of nitrogens with one attached hydrogen (secondary N) is 1. The van der Waals surface area contributed by atoms with Crippen molar-refractivity contribution >= 4 is 11.7 Å². The monoisotopic (exact) mass is 251 g/mol. The molecule has 1 saturated heterocycles. The molecule has 0 aliphatic carbocycles. The van der Waals surface area contributed by atoms with Crippen molar-refractivity contribution in [3.05, 3.63) is 11.3 Å². The zero-order chi connectivity index (χ0) is 13.3. The van der Waals surface area contributed by atoms with Gasteiger partial charge in [0.05, 0.1) is 17.4 Å². The first-order chi connectivity index (χ1) is 8.54. The molecule has 3 N–H and O–H groups in total. The summed E-state index contributed by atoms with van der Waals surface area (Å²) >= 11 is 0. The normalized spacial score (nSPS) is 20.2. The fourth-order valence-electron chi connectivity index (χ4n) is 2.65. The average Bonchev–Trinajstić information content (AvgIpc) is 2.64. The standard InChI is InChI=1S/C12H21N5O/c1-8-10(11(13)14)12(16(2)15-8)17-6-4-5-9(7-17)18-3/h9H,4-7H2,1-3H3,(H3,13,14). The largest absolute Gasteiger partial charge is 0.384 e. The summed E-state index contributed by atoms with van der Waals surface area (Å²) in [4.78, 5) is 2.22. The van der Waals surface area contributed by atoms with Crippen LogP contribution in [0.25, 0.3) is 0 Å². The first-order valence-electron chi connectivity index (χ1n) is 6.20. The number of hydrogen-bond donors (Lipinski definition) is 2. The third-order valence-electron chi connectivity index (χ3n) is 3.47. The molecular weight excluding hydrogens is 230 g/mol. The minimum absolute atomic E-state index is 0.0788. The smallest absolute Gasteiger partial charge is 0.137 e. The fraction of sp³-hybridized carbons (Fsp3) is 0.667. The Hall–Kier alpha value is -1.56. The lowest BCUT2D eigenvalue weighted by Crippen LogP contribution is -2.41. The van der Waals surface area contributed by atoms with Crippen molar-refractivity contribution in [2.75, 3.05) is 25.1 Å². The lowest BCUT2D eigenvalue weighted by molar-refractivity contribution is 0.0889. The third-order valence-corrected chi connectivity index (χ3v) is 3.47. The van der Waals surface area contributed by atoms with E-state index in [2.05, 4.69) is 10.00 Å². The van der Waals surface area contributed by atoms with Crippen LogP contribution in [0, 0.1) is 12.3 Å². The summed E-state index contributed by atoms with van der Waals surface area (Å²) in [5.74, 6) is 1.01. The predicted molar refractivity (Wildman–Crippen MR) is 71.2 cm³/mol. The Morgan fingerprint density at radius 3 is 2.89 bits per heavy atom. The van der Waals surface area contributed by atoms with E-state index in [0.717, 1.165) is 43.0 Å². The second-order valence-corrected chi connectivity index (χ2v) is 4.77. The van der Waals surface area contributed by atoms with Crippen LogP contribution in [0.15, 0.2) is 0 Å². The highest BCUT2D eigenvalue weighted by Crippen LogP contribution is 2.26. The van der Waals surface area contributed by atoms with E-state index < -0.39 is 0 Å². The minimum atomic E-state index is 0.0788. The third kappa shape index (κ3) is 2.20. The van der Waals surface area contributed by atoms with E-state index in [1.165, 1.54) is 0 Å². The Kier molecular flexibility index (Phi) is 3.56. The van der Waals surface area contributed by atoms with Crippen LogP contribution in [0.4, 0.5) is 5.82 Å². The molecule has 0 bridgehead atoms. The molecule has 1 unspecified atom stereocenters. The average molecular weight is 251 g/mol. The molecule has 6 heteroatoms. The van der Waals surface area contributed by atoms with Gasteiger partial charge in [-0.15, -0.1) is 0 Å². The molecule has 1 fully saturated rings. The van der Waals surface area contributed by atoms with E-state index >= 15 is 0 Å². The molecule has 0 amide bonds. The summed E-state index contributed by atoms with van der Waals surface area (Å²) in [6.07, 6.45) is 2.41. The van der Waals surface area contributed by atoms with Gasteiger partial charge in [0.15, 0.2) is 0 Å². The molecule has 1 aromatic heterocycles. The van der Waals surface area contributed by atoms with E-state index in [1.807, 2.05) is 18.7 Å². The maximum atomic E-state index is 7.71. The van der Waals surface area contributed by atoms with Crippen LogP contribution in [0.2, 0.25) is 0 Å². The Morgan fingerprint density at radius 2 is 2.28 bits per heavy atom. The Labute approximate surface area is 107 Å². The van der Waals surface area contributed by atoms with Gasteiger partial charge < -0.3 is 15.4 Å². The number of aromatic nitrogens is 2. The number of nitrogens with zero attached hydrogens (tertiary/aromatic N) is 3. The number of rotatable bonds is 3. The minimum Gasteiger partial charge on any atom is -0.384 e. The van der Waals surface area contributed by atoms with Gasteiger partial charge in [-0.05, 0) is 19.8 Å². The summed E-state index contributed by atoms with van der Waals surface area (Å²) in [5, 5.41) is 12.1. The maximum absolute atomic E-state index is 7.71. The molecule has 0 spiro atoms. The number of methoxy groups -OCH3 is 1. The highest BCUT2D eigenvalue weighted by molar-refractivity contribution is 6.00. The first-order valence-corrected chi connectivity index (χ1v) is 6.20. The summed E-state index contributed by atoms with van der Waals surface area (Å²) in [6, 6.07) is 0. The summed E-state index contributed by atoms with van der Waals surface area (Å²) < 4.78 is 7.24. The van der Waals surface area contributed by atoms with Crippen molar-refractivity contribution in [3.63, 3.8) is 0 Å². The van der Waals surface area contributed by atoms with Crippen LogP contribution in [0.5, 0.6) is 0 Å². The number of hydrogen-bond acceptors (Lipinski definition) is 4. The molecule has 0 saturated carbocycles. The van der Waals surface area contributed by atoms with Crippen molar-refractivity contribution in [3.8, 4) is 0 Å². The van der Waals surface area contributed by atoms with E-state index in [4.69, 9.17) is 15.9 Å². The van der Waals surface area contributed by atoms with Crippen molar-refractivity contribution in [2.45, 2.75) is 25.9 Å². The topological polar surface area (TPSA) is 80.2 Å². The molecule has 2 heterocycles. The fourth-order valence-corrected chi connectivity index (χ4v) is 2.65. The van der Waals surface area contributed by atoms with Crippen LogP contribution in [0.1, 0.15) is 24.1 Å². The highest BCUT2D eigenvalue weighted by Gasteiger charge is 2.26. The SMILES string of the molecule is COC1CCCN(c2c(C(=N)N)c(C)nn2C)C1. The highest BCUT2D eigenvalue weighted by atomic mass is 16.5. The van der Waals surface area contributed by atoms with E-state index in [-0.39, 0.29) is 11.9 Å². The number of nitrogens with two attached hydrogens (primary N) is 1. The van der Waals surface area contributed by atoms with Gasteiger partial charge in [0.2, 0.25) is 0 Å². The van der Waals surface area contributed by atoms with Gasteiger partial charge in [-0.1, -0.05) is 0 Å². The molecule has 0 radical (unpaired) electrons. The Morgan fingerprint density at radius 1 is 1.56 bits per heavy atom. The molecule has 1 aromatic rings. The number of anilines is 1. The zero-order valence-corrected chi connectivity index (χ0v) is 11.2. The van der Waals surface area contributed by atoms with Gasteiger partial charge >= 0.3 is 0 Å². The van der Waals surface area contributed by atoms with Crippen molar-refractivity contribution in [1.82, 2.24) is 9.78 Å². The number of amidine groups is 1. The predicted octanol–water partition coefficient (Wildman–Crippen LogP) is 0.628. The van der Waals surface area contributed by atoms with Crippen LogP contribution >= 0.6 is 0 Å². The van der Waals surface area contributed by atoms with Gasteiger partial charge in [-0.3, -0.25) is 10.1 Å². The molecule has 100 valence electrons. The number of ether oxygens (including phenoxy) is 1. The van der Waals surface area contributed by atoms with E-state index in [1.54, 1.807) is 7.11 Å². The van der Waals surface area contributed by atoms with Crippen LogP contribution < -0.4 is 10.6 Å². The number of aryl methyl sites for hydroxylation is 2. The Bertz CT molecular complexity index is 454. The molecule has 18 heavy (non-hydrogen) atoms. The lowest BCUT2D eigenvalue weighted by atomic mass is 10.1. The number of nitrogen functional groups attached to an aromatic ring is 1. The van der Waals surface area contributed by atoms with Gasteiger partial charge in [0.25, 0.3) is 0 Å². The van der Waals surface area contributed by atoms with E-state index in [9.17, 15) is 0 Å². The van der Waals surface area contributed by atoms with Crippen LogP contribution in [-0.2, 0) is 11.8 Å². The summed E-state index contributed by atoms with van der Waals surface area (Å²) in [7, 11) is 3.64. The van der Waals surface area contributed by atoms with Crippen molar-refractivity contribution in [2.24, 2.45) is 12.8 Å². The number of piperidine rings is 1. The molecule has 2 rings (SSSR count). The molecule has 6 nitrogen and oxygen atoms in total. The van der Waals surface area contributed by atoms with Gasteiger partial charge in [0, 0.05) is 27.2 Å². The molecular formula is C12H21N5O. The summed E-state index contributed by atoms with van der Waals surface area (Å²) in [6.45, 7) is 3.67. The maximum Gasteiger partial charge on any atom is 0.137 e. The van der Waals surface area contributed by atoms with Crippen molar-refractivity contribution < 1.29 is 4.74 Å². The van der Waals surface area contributed by atoms with Crippen LogP contribution in [0.3, 0.4) is 0 Å². The molecule has 1 aliphatic rings. The van der Waals surface area contributed by atoms with Crippen LogP contribution in [-0.4, -0.2) is 41.9 Å². The first kappa shape index (κ1) is 12.9. The lowest BCUT2D eigenvalue weighted by Gasteiger charge is -2.33. The second kappa shape index (κ2) is 4.97. The van der Waals surface area contributed by atoms with E-state index in [0.29, 0.717) is 0 Å². The zero-order valence-electron chi connectivity index (χ0n) is 11.2. The molecule has 0 aromatic carbocycles. The van der Waals surface area contributed by atoms with Crippen molar-refractivity contribution in [1.29, 1.82) is 5.41 Å². The Balaban J connectivity index is 2.35. The molecule has 1 atom stereocenters. The second-order valence-electron chi connectivity index (χ2n) is 4.77. The quantitative estimate of drug-likeness (QED) is 0.610.